The lowest BCUT2D eigenvalue weighted by molar-refractivity contribution is 0.0759. The Morgan fingerprint density at radius 2 is 2.00 bits per heavy atom. The lowest BCUT2D eigenvalue weighted by Crippen LogP contribution is -2.34. The van der Waals surface area contributed by atoms with Gasteiger partial charge in [-0.3, -0.25) is 9.78 Å². The highest BCUT2D eigenvalue weighted by molar-refractivity contribution is 5.95. The Hall–Kier alpha value is -2.99. The van der Waals surface area contributed by atoms with Gasteiger partial charge < -0.3 is 14.4 Å². The van der Waals surface area contributed by atoms with Gasteiger partial charge in [0, 0.05) is 36.5 Å². The van der Waals surface area contributed by atoms with Crippen molar-refractivity contribution < 1.29 is 14.3 Å². The van der Waals surface area contributed by atoms with E-state index in [0.29, 0.717) is 36.6 Å². The number of nitrogens with zero attached hydrogens (tertiary/aromatic N) is 2. The Kier molecular flexibility index (Phi) is 6.42. The van der Waals surface area contributed by atoms with Crippen molar-refractivity contribution in [1.29, 1.82) is 0 Å². The number of aliphatic hydroxyl groups is 1. The van der Waals surface area contributed by atoms with Gasteiger partial charge in [0.2, 0.25) is 0 Å². The zero-order valence-electron chi connectivity index (χ0n) is 18.9. The topological polar surface area (TPSA) is 83.6 Å². The van der Waals surface area contributed by atoms with Crippen molar-refractivity contribution in [2.24, 2.45) is 11.8 Å². The lowest BCUT2D eigenvalue weighted by Gasteiger charge is -2.17. The zero-order chi connectivity index (χ0) is 22.8. The number of likely N-dealkylation sites (tertiary alicyclic amines) is 1. The minimum atomic E-state index is -0.662. The van der Waals surface area contributed by atoms with Crippen LogP contribution in [0.25, 0.3) is 10.9 Å². The molecule has 1 aliphatic rings. The molecule has 6 heteroatoms. The maximum atomic E-state index is 13.1. The summed E-state index contributed by atoms with van der Waals surface area (Å²) in [5, 5.41) is 11.7. The van der Waals surface area contributed by atoms with Crippen LogP contribution in [0.3, 0.4) is 0 Å². The molecule has 0 bridgehead atoms. The molecule has 1 N–H and O–H groups in total. The van der Waals surface area contributed by atoms with Crippen LogP contribution in [0.5, 0.6) is 0 Å². The number of hydrogen-bond donors (Lipinski definition) is 1. The Bertz CT molecular complexity index is 1180. The molecule has 0 spiro atoms. The van der Waals surface area contributed by atoms with Crippen molar-refractivity contribution in [3.05, 3.63) is 75.5 Å². The van der Waals surface area contributed by atoms with Crippen LogP contribution >= 0.6 is 0 Å². The number of benzene rings is 1. The van der Waals surface area contributed by atoms with Crippen molar-refractivity contribution in [2.75, 3.05) is 13.1 Å². The quantitative estimate of drug-likeness (QED) is 0.639. The van der Waals surface area contributed by atoms with Crippen molar-refractivity contribution >= 4 is 16.8 Å². The normalized spacial score (nSPS) is 18.6. The van der Waals surface area contributed by atoms with E-state index in [1.54, 1.807) is 17.9 Å². The third-order valence-electron chi connectivity index (χ3n) is 6.20. The summed E-state index contributed by atoms with van der Waals surface area (Å²) in [5.41, 5.74) is 1.89. The molecule has 168 valence electrons. The first kappa shape index (κ1) is 22.2. The second-order valence-electron chi connectivity index (χ2n) is 9.23. The smallest absolute Gasteiger partial charge is 0.349 e. The maximum absolute atomic E-state index is 13.1. The highest BCUT2D eigenvalue weighted by Crippen LogP contribution is 2.24. The number of β-amino-alcohol motifs (C(OH)–C–C–N with tert-alkyl or cyclic N) is 1. The van der Waals surface area contributed by atoms with E-state index in [4.69, 9.17) is 4.42 Å². The number of aryl methyl sites for hydroxylation is 2. The van der Waals surface area contributed by atoms with Crippen molar-refractivity contribution in [3.8, 4) is 0 Å². The summed E-state index contributed by atoms with van der Waals surface area (Å²) in [6, 6.07) is 13.7. The van der Waals surface area contributed by atoms with Crippen LogP contribution < -0.4 is 5.63 Å². The maximum Gasteiger partial charge on any atom is 0.349 e. The van der Waals surface area contributed by atoms with Crippen LogP contribution in [0.2, 0.25) is 0 Å². The fourth-order valence-electron chi connectivity index (χ4n) is 4.35. The van der Waals surface area contributed by atoms with Gasteiger partial charge in [-0.25, -0.2) is 4.79 Å². The molecule has 1 saturated heterocycles. The molecular weight excluding hydrogens is 404 g/mol. The Labute approximate surface area is 187 Å². The molecule has 6 nitrogen and oxygen atoms in total. The number of aliphatic hydroxyl groups excluding tert-OH is 1. The minimum Gasteiger partial charge on any atom is -0.427 e. The fraction of sp³-hybridized carbons (Fsp3) is 0.423. The van der Waals surface area contributed by atoms with Crippen LogP contribution in [0.1, 0.15) is 47.6 Å². The van der Waals surface area contributed by atoms with E-state index in [1.165, 1.54) is 0 Å². The van der Waals surface area contributed by atoms with Gasteiger partial charge in [-0.1, -0.05) is 38.1 Å². The summed E-state index contributed by atoms with van der Waals surface area (Å²) in [6.45, 7) is 6.58. The molecule has 0 radical (unpaired) electrons. The lowest BCUT2D eigenvalue weighted by atomic mass is 9.99. The van der Waals surface area contributed by atoms with Gasteiger partial charge in [0.15, 0.2) is 0 Å². The van der Waals surface area contributed by atoms with E-state index in [9.17, 15) is 14.7 Å². The van der Waals surface area contributed by atoms with Gasteiger partial charge >= 0.3 is 5.63 Å². The summed E-state index contributed by atoms with van der Waals surface area (Å²) in [6.07, 6.45) is 1.49. The molecule has 32 heavy (non-hydrogen) atoms. The molecule has 0 saturated carbocycles. The van der Waals surface area contributed by atoms with Gasteiger partial charge in [-0.05, 0) is 49.4 Å². The van der Waals surface area contributed by atoms with Crippen LogP contribution in [0.15, 0.2) is 51.7 Å². The second kappa shape index (κ2) is 9.25. The SMILES string of the molecule is Cc1cc(CCC(C)C)oc(=O)c1C(=O)N1C[C@@H](Cc2ccc3ccccc3n2)[C@H](O)C1. The number of carbonyl (C=O) groups excluding carboxylic acids is 1. The summed E-state index contributed by atoms with van der Waals surface area (Å²) in [5.74, 6) is 0.603. The van der Waals surface area contributed by atoms with E-state index < -0.39 is 11.7 Å². The van der Waals surface area contributed by atoms with Gasteiger partial charge in [-0.15, -0.1) is 0 Å². The number of hydrogen-bond acceptors (Lipinski definition) is 5. The number of rotatable bonds is 6. The average molecular weight is 435 g/mol. The van der Waals surface area contributed by atoms with Gasteiger partial charge in [0.05, 0.1) is 11.6 Å². The van der Waals surface area contributed by atoms with Crippen LogP contribution in [0, 0.1) is 18.8 Å². The van der Waals surface area contributed by atoms with Crippen molar-refractivity contribution in [3.63, 3.8) is 0 Å². The largest absolute Gasteiger partial charge is 0.427 e. The van der Waals surface area contributed by atoms with Gasteiger partial charge in [0.1, 0.15) is 11.3 Å². The van der Waals surface area contributed by atoms with Crippen molar-refractivity contribution in [1.82, 2.24) is 9.88 Å². The highest BCUT2D eigenvalue weighted by atomic mass is 16.4. The van der Waals surface area contributed by atoms with Gasteiger partial charge in [-0.2, -0.15) is 0 Å². The van der Waals surface area contributed by atoms with E-state index in [-0.39, 0.29) is 23.9 Å². The first-order valence-electron chi connectivity index (χ1n) is 11.3. The Morgan fingerprint density at radius 3 is 2.75 bits per heavy atom. The first-order valence-corrected chi connectivity index (χ1v) is 11.3. The molecule has 3 heterocycles. The predicted molar refractivity (Wildman–Crippen MR) is 124 cm³/mol. The van der Waals surface area contributed by atoms with E-state index >= 15 is 0 Å². The molecule has 1 amide bonds. The van der Waals surface area contributed by atoms with Crippen LogP contribution in [-0.4, -0.2) is 40.1 Å². The molecule has 0 unspecified atom stereocenters. The Balaban J connectivity index is 1.48. The standard InChI is InChI=1S/C26H30N2O4/c1-16(2)8-11-21-12-17(3)24(26(31)32-21)25(30)28-14-19(23(29)15-28)13-20-10-9-18-6-4-5-7-22(18)27-20/h4-7,9-10,12,16,19,23,29H,8,11,13-15H2,1-3H3/t19-,23-/m1/s1. The van der Waals surface area contributed by atoms with E-state index in [0.717, 1.165) is 23.0 Å². The molecule has 2 atom stereocenters. The molecule has 1 aromatic carbocycles. The summed E-state index contributed by atoms with van der Waals surface area (Å²) < 4.78 is 5.44. The summed E-state index contributed by atoms with van der Waals surface area (Å²) in [4.78, 5) is 32.0. The minimum absolute atomic E-state index is 0.0648. The summed E-state index contributed by atoms with van der Waals surface area (Å²) >= 11 is 0. The van der Waals surface area contributed by atoms with Crippen molar-refractivity contribution in [2.45, 2.75) is 46.1 Å². The number of amides is 1. The number of para-hydroxylation sites is 1. The van der Waals surface area contributed by atoms with E-state index in [1.807, 2.05) is 36.4 Å². The number of aromatic nitrogens is 1. The number of fused-ring (bicyclic) bond motifs is 1. The molecule has 0 aliphatic carbocycles. The Morgan fingerprint density at radius 1 is 1.22 bits per heavy atom. The molecule has 1 fully saturated rings. The highest BCUT2D eigenvalue weighted by Gasteiger charge is 2.36. The number of pyridine rings is 1. The van der Waals surface area contributed by atoms with E-state index in [2.05, 4.69) is 18.8 Å². The molecule has 2 aromatic heterocycles. The van der Waals surface area contributed by atoms with Gasteiger partial charge in [0.25, 0.3) is 5.91 Å². The van der Waals surface area contributed by atoms with Crippen LogP contribution in [-0.2, 0) is 12.8 Å². The second-order valence-corrected chi connectivity index (χ2v) is 9.23. The number of carbonyl (C=O) groups is 1. The molecular formula is C26H30N2O4. The zero-order valence-corrected chi connectivity index (χ0v) is 18.9. The third-order valence-corrected chi connectivity index (χ3v) is 6.20. The summed E-state index contributed by atoms with van der Waals surface area (Å²) in [7, 11) is 0. The predicted octanol–water partition coefficient (Wildman–Crippen LogP) is 3.76. The fourth-order valence-corrected chi connectivity index (χ4v) is 4.35. The molecule has 3 aromatic rings. The first-order chi connectivity index (χ1) is 15.3. The average Bonchev–Trinajstić information content (AvgIpc) is 3.12. The monoisotopic (exact) mass is 434 g/mol. The third kappa shape index (κ3) is 4.75. The van der Waals surface area contributed by atoms with Crippen LogP contribution in [0.4, 0.5) is 0 Å². The molecule has 4 rings (SSSR count). The molecule has 1 aliphatic heterocycles.